The highest BCUT2D eigenvalue weighted by atomic mass is 35.5. The molecule has 2 aromatic carbocycles. The maximum Gasteiger partial charge on any atom is 0.253 e. The van der Waals surface area contributed by atoms with E-state index in [1.807, 2.05) is 35.5 Å². The van der Waals surface area contributed by atoms with E-state index >= 15 is 0 Å². The summed E-state index contributed by atoms with van der Waals surface area (Å²) in [6.07, 6.45) is 8.74. The van der Waals surface area contributed by atoms with E-state index in [9.17, 15) is 14.0 Å². The molecule has 1 spiro atoms. The van der Waals surface area contributed by atoms with Crippen LogP contribution in [0.3, 0.4) is 0 Å². The van der Waals surface area contributed by atoms with Crippen LogP contribution in [0.15, 0.2) is 60.9 Å². The second kappa shape index (κ2) is 10.8. The molecule has 2 fully saturated rings. The number of hydrogen-bond acceptors (Lipinski definition) is 4. The highest BCUT2D eigenvalue weighted by molar-refractivity contribution is 6.33. The average Bonchev–Trinajstić information content (AvgIpc) is 3.22. The van der Waals surface area contributed by atoms with E-state index in [-0.39, 0.29) is 33.9 Å². The molecule has 1 unspecified atom stereocenters. The van der Waals surface area contributed by atoms with Crippen molar-refractivity contribution in [1.82, 2.24) is 15.2 Å². The Hall–Kier alpha value is -3.45. The molecule has 2 aliphatic heterocycles. The van der Waals surface area contributed by atoms with Gasteiger partial charge in [0.25, 0.3) is 11.8 Å². The summed E-state index contributed by atoms with van der Waals surface area (Å²) >= 11 is 6.15. The van der Waals surface area contributed by atoms with Crippen LogP contribution in [0.1, 0.15) is 83.8 Å². The van der Waals surface area contributed by atoms with Gasteiger partial charge in [0.15, 0.2) is 0 Å². The van der Waals surface area contributed by atoms with Crippen LogP contribution >= 0.6 is 11.6 Å². The Kier molecular flexibility index (Phi) is 7.26. The van der Waals surface area contributed by atoms with Gasteiger partial charge in [0, 0.05) is 49.8 Å². The average molecular weight is 575 g/mol. The number of fused-ring (bicyclic) bond motifs is 1. The molecule has 0 radical (unpaired) electrons. The summed E-state index contributed by atoms with van der Waals surface area (Å²) in [6.45, 7) is 7.90. The molecule has 6 rings (SSSR count). The van der Waals surface area contributed by atoms with E-state index in [0.717, 1.165) is 69.1 Å². The van der Waals surface area contributed by atoms with Crippen molar-refractivity contribution in [2.45, 2.75) is 57.4 Å². The number of piperidine rings is 2. The zero-order valence-corrected chi connectivity index (χ0v) is 24.4. The number of carbonyl (C=O) groups is 2. The molecule has 0 bridgehead atoms. The molecule has 41 heavy (non-hydrogen) atoms. The fourth-order valence-corrected chi connectivity index (χ4v) is 7.28. The minimum atomic E-state index is -0.485. The number of halogens is 2. The lowest BCUT2D eigenvalue weighted by molar-refractivity contribution is 0.0515. The van der Waals surface area contributed by atoms with Crippen molar-refractivity contribution in [2.24, 2.45) is 5.41 Å². The third-order valence-corrected chi connectivity index (χ3v) is 9.87. The van der Waals surface area contributed by atoms with Crippen molar-refractivity contribution in [3.63, 3.8) is 0 Å². The Morgan fingerprint density at radius 3 is 2.32 bits per heavy atom. The van der Waals surface area contributed by atoms with Crippen LogP contribution in [0, 0.1) is 11.2 Å². The summed E-state index contributed by atoms with van der Waals surface area (Å²) in [6, 6.07) is 13.6. The normalized spacial score (nSPS) is 21.0. The number of anilines is 1. The summed E-state index contributed by atoms with van der Waals surface area (Å²) < 4.78 is 13.5. The van der Waals surface area contributed by atoms with Crippen LogP contribution < -0.4 is 10.2 Å². The van der Waals surface area contributed by atoms with Gasteiger partial charge in [-0.05, 0) is 96.5 Å². The predicted octanol–water partition coefficient (Wildman–Crippen LogP) is 6.55. The zero-order chi connectivity index (χ0) is 28.8. The second-order valence-electron chi connectivity index (χ2n) is 12.5. The summed E-state index contributed by atoms with van der Waals surface area (Å²) in [7, 11) is 0. The molecule has 0 saturated carbocycles. The lowest BCUT2D eigenvalue weighted by atomic mass is 9.71. The fourth-order valence-electron chi connectivity index (χ4n) is 7.03. The second-order valence-corrected chi connectivity index (χ2v) is 12.9. The van der Waals surface area contributed by atoms with E-state index < -0.39 is 5.82 Å². The van der Waals surface area contributed by atoms with Crippen LogP contribution in [0.5, 0.6) is 0 Å². The minimum absolute atomic E-state index is 0.0493. The van der Waals surface area contributed by atoms with Crippen molar-refractivity contribution >= 4 is 29.1 Å². The Morgan fingerprint density at radius 2 is 1.63 bits per heavy atom. The summed E-state index contributed by atoms with van der Waals surface area (Å²) in [4.78, 5) is 35.3. The molecule has 1 aliphatic carbocycles. The molecule has 1 atom stereocenters. The van der Waals surface area contributed by atoms with E-state index in [2.05, 4.69) is 41.2 Å². The molecule has 1 N–H and O–H groups in total. The Balaban J connectivity index is 1.12. The Morgan fingerprint density at radius 1 is 0.951 bits per heavy atom. The smallest absolute Gasteiger partial charge is 0.253 e. The van der Waals surface area contributed by atoms with E-state index in [1.54, 1.807) is 0 Å². The molecule has 214 valence electrons. The zero-order valence-electron chi connectivity index (χ0n) is 23.6. The number of likely N-dealkylation sites (tertiary alicyclic amines) is 1. The maximum absolute atomic E-state index is 13.7. The van der Waals surface area contributed by atoms with Gasteiger partial charge in [-0.1, -0.05) is 31.5 Å². The first kappa shape index (κ1) is 27.7. The number of nitrogens with one attached hydrogen (secondary N) is 1. The lowest BCUT2D eigenvalue weighted by Crippen LogP contribution is -2.48. The summed E-state index contributed by atoms with van der Waals surface area (Å²) in [5.74, 6) is -0.786. The van der Waals surface area contributed by atoms with Gasteiger partial charge in [-0.15, -0.1) is 0 Å². The summed E-state index contributed by atoms with van der Waals surface area (Å²) in [5.41, 5.74) is 4.36. The van der Waals surface area contributed by atoms with Gasteiger partial charge in [0.2, 0.25) is 0 Å². The first-order chi connectivity index (χ1) is 19.6. The lowest BCUT2D eigenvalue weighted by Gasteiger charge is -2.47. The molecule has 3 aromatic rings. The molecular formula is C33H36ClFN4O2. The van der Waals surface area contributed by atoms with Crippen LogP contribution in [-0.2, 0) is 5.41 Å². The van der Waals surface area contributed by atoms with Crippen LogP contribution in [0.25, 0.3) is 0 Å². The minimum Gasteiger partial charge on any atom is -0.371 e. The highest BCUT2D eigenvalue weighted by Gasteiger charge is 2.41. The molecule has 1 aromatic heterocycles. The molecule has 3 heterocycles. The number of hydrogen-bond donors (Lipinski definition) is 1. The Bertz CT molecular complexity index is 1460. The molecule has 2 saturated heterocycles. The van der Waals surface area contributed by atoms with Crippen LogP contribution in [0.4, 0.5) is 10.1 Å². The van der Waals surface area contributed by atoms with Gasteiger partial charge in [-0.25, -0.2) is 4.39 Å². The van der Waals surface area contributed by atoms with Crippen molar-refractivity contribution in [3.05, 3.63) is 94.0 Å². The molecule has 2 amide bonds. The topological polar surface area (TPSA) is 65.5 Å². The number of nitrogens with zero attached hydrogens (tertiary/aromatic N) is 3. The SMILES string of the molecule is CC1(C)CC(NC(=O)c2ccc(F)cc2Cl)c2cc(C(=O)N3CCC4(CC3)CCN(c3ccncc3)CC4)ccc21. The van der Waals surface area contributed by atoms with Gasteiger partial charge in [-0.2, -0.15) is 0 Å². The third kappa shape index (κ3) is 5.44. The highest BCUT2D eigenvalue weighted by Crippen LogP contribution is 2.46. The van der Waals surface area contributed by atoms with Crippen molar-refractivity contribution in [3.8, 4) is 0 Å². The van der Waals surface area contributed by atoms with Gasteiger partial charge < -0.3 is 15.1 Å². The molecule has 8 heteroatoms. The van der Waals surface area contributed by atoms with Crippen molar-refractivity contribution < 1.29 is 14.0 Å². The van der Waals surface area contributed by atoms with Gasteiger partial charge in [0.05, 0.1) is 16.6 Å². The van der Waals surface area contributed by atoms with Gasteiger partial charge in [-0.3, -0.25) is 14.6 Å². The quantitative estimate of drug-likeness (QED) is 0.384. The number of carbonyl (C=O) groups excluding carboxylic acids is 2. The first-order valence-corrected chi connectivity index (χ1v) is 14.9. The maximum atomic E-state index is 13.7. The molecule has 3 aliphatic rings. The largest absolute Gasteiger partial charge is 0.371 e. The number of benzene rings is 2. The van der Waals surface area contributed by atoms with Gasteiger partial charge in [0.1, 0.15) is 5.82 Å². The van der Waals surface area contributed by atoms with E-state index in [4.69, 9.17) is 11.6 Å². The van der Waals surface area contributed by atoms with Gasteiger partial charge >= 0.3 is 0 Å². The van der Waals surface area contributed by atoms with Crippen LogP contribution in [0.2, 0.25) is 5.02 Å². The number of pyridine rings is 1. The fraction of sp³-hybridized carbons (Fsp3) is 0.424. The predicted molar refractivity (Wildman–Crippen MR) is 159 cm³/mol. The van der Waals surface area contributed by atoms with Crippen LogP contribution in [-0.4, -0.2) is 47.9 Å². The summed E-state index contributed by atoms with van der Waals surface area (Å²) in [5, 5.41) is 3.17. The molecule has 6 nitrogen and oxygen atoms in total. The number of rotatable bonds is 4. The Labute approximate surface area is 245 Å². The van der Waals surface area contributed by atoms with E-state index in [0.29, 0.717) is 17.4 Å². The number of amides is 2. The number of aromatic nitrogens is 1. The third-order valence-electron chi connectivity index (χ3n) is 9.56. The van der Waals surface area contributed by atoms with Crippen molar-refractivity contribution in [2.75, 3.05) is 31.1 Å². The molecular weight excluding hydrogens is 539 g/mol. The first-order valence-electron chi connectivity index (χ1n) is 14.5. The standard InChI is InChI=1S/C33H36ClFN4O2/c1-32(2)21-29(37-30(40)25-5-4-23(35)20-28(25)34)26-19-22(3-6-27(26)32)31(41)39-17-11-33(12-18-39)9-15-38(16-10-33)24-7-13-36-14-8-24/h3-8,13-14,19-20,29H,9-12,15-18,21H2,1-2H3,(H,37,40). The van der Waals surface area contributed by atoms with E-state index in [1.165, 1.54) is 17.8 Å². The van der Waals surface area contributed by atoms with Crippen molar-refractivity contribution in [1.29, 1.82) is 0 Å². The monoisotopic (exact) mass is 574 g/mol.